The molecule has 1 aromatic rings. The van der Waals surface area contributed by atoms with Crippen molar-refractivity contribution in [1.82, 2.24) is 4.90 Å². The van der Waals surface area contributed by atoms with Crippen LogP contribution in [0.2, 0.25) is 0 Å². The number of hydrogen-bond donors (Lipinski definition) is 1. The summed E-state index contributed by atoms with van der Waals surface area (Å²) in [6.07, 6.45) is 1.81. The maximum atomic E-state index is 9.95. The summed E-state index contributed by atoms with van der Waals surface area (Å²) in [6, 6.07) is 10.4. The van der Waals surface area contributed by atoms with E-state index in [1.54, 1.807) is 0 Å². The first kappa shape index (κ1) is 9.69. The molecule has 0 aromatic heterocycles. The highest BCUT2D eigenvalue weighted by molar-refractivity contribution is 5.20. The van der Waals surface area contributed by atoms with Crippen LogP contribution in [0, 0.1) is 0 Å². The smallest absolute Gasteiger partial charge is 0.0737 e. The van der Waals surface area contributed by atoms with Gasteiger partial charge in [0.15, 0.2) is 0 Å². The quantitative estimate of drug-likeness (QED) is 0.732. The monoisotopic (exact) mass is 191 g/mol. The van der Waals surface area contributed by atoms with E-state index in [4.69, 9.17) is 0 Å². The average Bonchev–Trinajstić information content (AvgIpc) is 2.19. The third kappa shape index (κ3) is 1.81. The van der Waals surface area contributed by atoms with Crippen molar-refractivity contribution >= 4 is 0 Å². The van der Waals surface area contributed by atoms with Gasteiger partial charge in [0.25, 0.3) is 0 Å². The number of aliphatic hydroxyl groups excluding tert-OH is 1. The van der Waals surface area contributed by atoms with Gasteiger partial charge in [-0.3, -0.25) is 4.90 Å². The van der Waals surface area contributed by atoms with Gasteiger partial charge in [0, 0.05) is 0 Å². The van der Waals surface area contributed by atoms with Crippen LogP contribution in [0.25, 0.3) is 0 Å². The van der Waals surface area contributed by atoms with Gasteiger partial charge >= 0.3 is 0 Å². The summed E-state index contributed by atoms with van der Waals surface area (Å²) < 4.78 is 0. The summed E-state index contributed by atoms with van der Waals surface area (Å²) in [4.78, 5) is 2.24. The molecule has 1 saturated heterocycles. The van der Waals surface area contributed by atoms with Crippen LogP contribution in [0.3, 0.4) is 0 Å². The van der Waals surface area contributed by atoms with Crippen molar-refractivity contribution in [3.8, 4) is 0 Å². The van der Waals surface area contributed by atoms with Gasteiger partial charge in [-0.05, 0) is 32.0 Å². The fraction of sp³-hybridized carbons (Fsp3) is 0.500. The molecule has 0 radical (unpaired) electrons. The highest BCUT2D eigenvalue weighted by Crippen LogP contribution is 2.29. The number of hydrogen-bond acceptors (Lipinski definition) is 2. The molecule has 76 valence electrons. The van der Waals surface area contributed by atoms with E-state index in [0.717, 1.165) is 19.4 Å². The Bertz CT molecular complexity index is 276. The third-order valence-corrected chi connectivity index (χ3v) is 2.99. The number of aliphatic hydroxyl groups is 1. The summed E-state index contributed by atoms with van der Waals surface area (Å²) >= 11 is 0. The molecular weight excluding hydrogens is 174 g/mol. The Morgan fingerprint density at radius 2 is 2.00 bits per heavy atom. The lowest BCUT2D eigenvalue weighted by atomic mass is 9.93. The molecule has 2 atom stereocenters. The molecule has 1 N–H and O–H groups in total. The summed E-state index contributed by atoms with van der Waals surface area (Å²) in [5.41, 5.74) is 1.22. The van der Waals surface area contributed by atoms with Crippen molar-refractivity contribution < 1.29 is 5.11 Å². The first-order chi connectivity index (χ1) is 6.79. The SMILES string of the molecule is CN1CCC[C@@H](O)[C@@H]1c1ccccc1. The van der Waals surface area contributed by atoms with Crippen LogP contribution in [-0.2, 0) is 0 Å². The normalized spacial score (nSPS) is 29.0. The van der Waals surface area contributed by atoms with Gasteiger partial charge in [0.1, 0.15) is 0 Å². The summed E-state index contributed by atoms with van der Waals surface area (Å²) in [6.45, 7) is 1.08. The molecule has 0 aliphatic carbocycles. The maximum absolute atomic E-state index is 9.95. The Labute approximate surface area is 85.2 Å². The van der Waals surface area contributed by atoms with Crippen LogP contribution in [0.5, 0.6) is 0 Å². The van der Waals surface area contributed by atoms with Crippen LogP contribution in [-0.4, -0.2) is 29.7 Å². The second-order valence-electron chi connectivity index (χ2n) is 4.05. The minimum atomic E-state index is -0.212. The van der Waals surface area contributed by atoms with E-state index in [1.165, 1.54) is 5.56 Å². The molecule has 1 fully saturated rings. The first-order valence-electron chi connectivity index (χ1n) is 5.22. The van der Waals surface area contributed by atoms with E-state index >= 15 is 0 Å². The Hall–Kier alpha value is -0.860. The van der Waals surface area contributed by atoms with E-state index in [2.05, 4.69) is 24.1 Å². The topological polar surface area (TPSA) is 23.5 Å². The van der Waals surface area contributed by atoms with E-state index < -0.39 is 0 Å². The van der Waals surface area contributed by atoms with E-state index in [-0.39, 0.29) is 12.1 Å². The van der Waals surface area contributed by atoms with Crippen LogP contribution in [0.15, 0.2) is 30.3 Å². The molecule has 2 heteroatoms. The van der Waals surface area contributed by atoms with Gasteiger partial charge in [-0.2, -0.15) is 0 Å². The molecule has 14 heavy (non-hydrogen) atoms. The minimum absolute atomic E-state index is 0.185. The Morgan fingerprint density at radius 1 is 1.29 bits per heavy atom. The molecule has 0 saturated carbocycles. The van der Waals surface area contributed by atoms with Gasteiger partial charge < -0.3 is 5.11 Å². The van der Waals surface area contributed by atoms with Crippen molar-refractivity contribution in [1.29, 1.82) is 0 Å². The zero-order valence-electron chi connectivity index (χ0n) is 8.56. The molecule has 2 rings (SSSR count). The molecule has 1 aliphatic heterocycles. The summed E-state index contributed by atoms with van der Waals surface area (Å²) in [7, 11) is 2.08. The maximum Gasteiger partial charge on any atom is 0.0737 e. The number of nitrogens with zero attached hydrogens (tertiary/aromatic N) is 1. The molecule has 0 unspecified atom stereocenters. The van der Waals surface area contributed by atoms with Gasteiger partial charge in [0.05, 0.1) is 12.1 Å². The number of benzene rings is 1. The predicted octanol–water partition coefficient (Wildman–Crippen LogP) is 1.81. The fourth-order valence-corrected chi connectivity index (χ4v) is 2.27. The highest BCUT2D eigenvalue weighted by Gasteiger charge is 2.28. The Balaban J connectivity index is 2.23. The average molecular weight is 191 g/mol. The van der Waals surface area contributed by atoms with Crippen molar-refractivity contribution in [3.05, 3.63) is 35.9 Å². The van der Waals surface area contributed by atoms with Crippen LogP contribution < -0.4 is 0 Å². The minimum Gasteiger partial charge on any atom is -0.391 e. The van der Waals surface area contributed by atoms with Crippen molar-refractivity contribution in [2.75, 3.05) is 13.6 Å². The molecule has 2 nitrogen and oxygen atoms in total. The highest BCUT2D eigenvalue weighted by atomic mass is 16.3. The standard InChI is InChI=1S/C12H17NO/c1-13-9-5-8-11(14)12(13)10-6-3-2-4-7-10/h2-4,6-7,11-12,14H,5,8-9H2,1H3/t11-,12+/m1/s1. The lowest BCUT2D eigenvalue weighted by Crippen LogP contribution is -2.39. The lowest BCUT2D eigenvalue weighted by molar-refractivity contribution is 0.0242. The van der Waals surface area contributed by atoms with Crippen molar-refractivity contribution in [2.45, 2.75) is 25.0 Å². The largest absolute Gasteiger partial charge is 0.391 e. The van der Waals surface area contributed by atoms with E-state index in [0.29, 0.717) is 0 Å². The van der Waals surface area contributed by atoms with Gasteiger partial charge in [0.2, 0.25) is 0 Å². The van der Waals surface area contributed by atoms with Crippen molar-refractivity contribution in [3.63, 3.8) is 0 Å². The van der Waals surface area contributed by atoms with Gasteiger partial charge in [-0.15, -0.1) is 0 Å². The van der Waals surface area contributed by atoms with Gasteiger partial charge in [-0.1, -0.05) is 30.3 Å². The molecule has 0 spiro atoms. The van der Waals surface area contributed by atoms with Crippen LogP contribution in [0.4, 0.5) is 0 Å². The lowest BCUT2D eigenvalue weighted by Gasteiger charge is -2.36. The Kier molecular flexibility index (Phi) is 2.85. The molecule has 1 aliphatic rings. The molecule has 1 aromatic carbocycles. The number of likely N-dealkylation sites (N-methyl/N-ethyl adjacent to an activating group) is 1. The second kappa shape index (κ2) is 4.11. The molecule has 0 amide bonds. The fourth-order valence-electron chi connectivity index (χ4n) is 2.27. The zero-order valence-corrected chi connectivity index (χ0v) is 8.56. The molecule has 0 bridgehead atoms. The van der Waals surface area contributed by atoms with Crippen molar-refractivity contribution in [2.24, 2.45) is 0 Å². The third-order valence-electron chi connectivity index (χ3n) is 2.99. The first-order valence-corrected chi connectivity index (χ1v) is 5.22. The summed E-state index contributed by atoms with van der Waals surface area (Å²) in [5.74, 6) is 0. The number of likely N-dealkylation sites (tertiary alicyclic amines) is 1. The van der Waals surface area contributed by atoms with Crippen LogP contribution in [0.1, 0.15) is 24.4 Å². The van der Waals surface area contributed by atoms with E-state index in [9.17, 15) is 5.11 Å². The molecule has 1 heterocycles. The summed E-state index contributed by atoms with van der Waals surface area (Å²) in [5, 5.41) is 9.95. The van der Waals surface area contributed by atoms with Crippen LogP contribution >= 0.6 is 0 Å². The zero-order chi connectivity index (χ0) is 9.97. The van der Waals surface area contributed by atoms with Gasteiger partial charge in [-0.25, -0.2) is 0 Å². The Morgan fingerprint density at radius 3 is 2.64 bits per heavy atom. The second-order valence-corrected chi connectivity index (χ2v) is 4.05. The number of piperidine rings is 1. The number of rotatable bonds is 1. The van der Waals surface area contributed by atoms with E-state index in [1.807, 2.05) is 18.2 Å². The predicted molar refractivity (Wildman–Crippen MR) is 57.1 cm³/mol. The molecular formula is C12H17NO.